The van der Waals surface area contributed by atoms with E-state index >= 15 is 0 Å². The average molecular weight is 485 g/mol. The third-order valence-corrected chi connectivity index (χ3v) is 5.75. The van der Waals surface area contributed by atoms with Crippen molar-refractivity contribution in [2.24, 2.45) is 0 Å². The maximum absolute atomic E-state index is 12.9. The van der Waals surface area contributed by atoms with Crippen LogP contribution in [-0.4, -0.2) is 42.0 Å². The second-order valence-electron chi connectivity index (χ2n) is 8.64. The van der Waals surface area contributed by atoms with E-state index < -0.39 is 30.4 Å². The van der Waals surface area contributed by atoms with Crippen molar-refractivity contribution < 1.29 is 28.7 Å². The molecular formula is C28H24N2O6. The highest BCUT2D eigenvalue weighted by molar-refractivity contribution is 6.28. The van der Waals surface area contributed by atoms with Gasteiger partial charge in [0, 0.05) is 33.5 Å². The van der Waals surface area contributed by atoms with E-state index in [-0.39, 0.29) is 28.4 Å². The summed E-state index contributed by atoms with van der Waals surface area (Å²) in [6, 6.07) is 16.3. The van der Waals surface area contributed by atoms with Crippen LogP contribution >= 0.6 is 0 Å². The molecule has 0 spiro atoms. The van der Waals surface area contributed by atoms with Gasteiger partial charge in [-0.25, -0.2) is 0 Å². The Morgan fingerprint density at radius 3 is 2.03 bits per heavy atom. The molecule has 3 aromatic carbocycles. The summed E-state index contributed by atoms with van der Waals surface area (Å²) < 4.78 is 5.13. The number of carbonyl (C=O) groups is 5. The smallest absolute Gasteiger partial charge is 0.326 e. The molecule has 8 heteroatoms. The molecule has 0 aliphatic heterocycles. The zero-order valence-corrected chi connectivity index (χ0v) is 20.0. The van der Waals surface area contributed by atoms with Gasteiger partial charge in [-0.2, -0.15) is 0 Å². The van der Waals surface area contributed by atoms with E-state index in [0.29, 0.717) is 16.7 Å². The molecule has 182 valence electrons. The zero-order chi connectivity index (χ0) is 26.0. The summed E-state index contributed by atoms with van der Waals surface area (Å²) in [5.74, 6) is -2.40. The molecule has 2 N–H and O–H groups in total. The van der Waals surface area contributed by atoms with Gasteiger partial charge in [-0.15, -0.1) is 0 Å². The Morgan fingerprint density at radius 2 is 1.39 bits per heavy atom. The van der Waals surface area contributed by atoms with E-state index in [1.54, 1.807) is 36.4 Å². The molecule has 36 heavy (non-hydrogen) atoms. The third-order valence-electron chi connectivity index (χ3n) is 5.75. The van der Waals surface area contributed by atoms with Crippen LogP contribution in [0.2, 0.25) is 0 Å². The molecule has 0 radical (unpaired) electrons. The maximum atomic E-state index is 12.9. The number of fused-ring (bicyclic) bond motifs is 2. The molecule has 4 rings (SSSR count). The van der Waals surface area contributed by atoms with Gasteiger partial charge in [0.15, 0.2) is 17.7 Å². The highest BCUT2D eigenvalue weighted by Crippen LogP contribution is 2.29. The van der Waals surface area contributed by atoms with Crippen LogP contribution in [0, 0.1) is 13.8 Å². The predicted molar refractivity (Wildman–Crippen MR) is 132 cm³/mol. The molecule has 3 aromatic rings. The van der Waals surface area contributed by atoms with Crippen LogP contribution in [0.5, 0.6) is 0 Å². The largest absolute Gasteiger partial charge is 0.451 e. The van der Waals surface area contributed by atoms with E-state index in [1.807, 2.05) is 19.9 Å². The van der Waals surface area contributed by atoms with Crippen molar-refractivity contribution in [2.75, 3.05) is 11.9 Å². The second-order valence-corrected chi connectivity index (χ2v) is 8.64. The minimum absolute atomic E-state index is 0.190. The monoisotopic (exact) mass is 484 g/mol. The lowest BCUT2D eigenvalue weighted by molar-refractivity contribution is -0.152. The van der Waals surface area contributed by atoms with Gasteiger partial charge in [0.25, 0.3) is 11.8 Å². The molecule has 1 aliphatic rings. The number of ketones is 2. The lowest BCUT2D eigenvalue weighted by Crippen LogP contribution is -2.36. The van der Waals surface area contributed by atoms with E-state index in [4.69, 9.17) is 4.74 Å². The number of hydrogen-bond acceptors (Lipinski definition) is 6. The molecule has 0 saturated carbocycles. The average Bonchev–Trinajstić information content (AvgIpc) is 2.85. The van der Waals surface area contributed by atoms with Crippen LogP contribution in [0.3, 0.4) is 0 Å². The van der Waals surface area contributed by atoms with Crippen LogP contribution in [0.15, 0.2) is 60.7 Å². The van der Waals surface area contributed by atoms with Gasteiger partial charge in [0.1, 0.15) is 6.54 Å². The van der Waals surface area contributed by atoms with E-state index in [2.05, 4.69) is 10.6 Å². The number of aryl methyl sites for hydroxylation is 2. The second kappa shape index (κ2) is 9.95. The Balaban J connectivity index is 1.35. The maximum Gasteiger partial charge on any atom is 0.326 e. The molecule has 0 heterocycles. The number of hydrogen-bond donors (Lipinski definition) is 2. The molecule has 0 bridgehead atoms. The van der Waals surface area contributed by atoms with Crippen molar-refractivity contribution in [3.8, 4) is 0 Å². The summed E-state index contributed by atoms with van der Waals surface area (Å²) in [6.07, 6.45) is -1.16. The highest BCUT2D eigenvalue weighted by atomic mass is 16.5. The first-order valence-electron chi connectivity index (χ1n) is 11.3. The van der Waals surface area contributed by atoms with Crippen LogP contribution < -0.4 is 10.6 Å². The van der Waals surface area contributed by atoms with Gasteiger partial charge < -0.3 is 15.4 Å². The Morgan fingerprint density at radius 1 is 0.806 bits per heavy atom. The minimum atomic E-state index is -1.16. The van der Waals surface area contributed by atoms with Gasteiger partial charge in [0.05, 0.1) is 0 Å². The Kier molecular flexibility index (Phi) is 6.78. The van der Waals surface area contributed by atoms with Crippen LogP contribution in [-0.2, 0) is 14.3 Å². The first-order chi connectivity index (χ1) is 17.1. The van der Waals surface area contributed by atoms with Crippen LogP contribution in [0.25, 0.3) is 0 Å². The van der Waals surface area contributed by atoms with Crippen LogP contribution in [0.4, 0.5) is 5.69 Å². The summed E-state index contributed by atoms with van der Waals surface area (Å²) in [7, 11) is 0. The van der Waals surface area contributed by atoms with Crippen molar-refractivity contribution in [1.29, 1.82) is 0 Å². The summed E-state index contributed by atoms with van der Waals surface area (Å²) in [5, 5.41) is 5.08. The van der Waals surface area contributed by atoms with Gasteiger partial charge in [-0.1, -0.05) is 41.5 Å². The molecular weight excluding hydrogens is 460 g/mol. The number of carbonyl (C=O) groups excluding carboxylic acids is 5. The standard InChI is InChI=1S/C28H24N2O6/c1-15-10-16(2)12-18(11-15)28(35)29-14-24(31)36-17(3)27(34)30-19-8-9-22-23(13-19)26(33)21-7-5-4-6-20(21)25(22)32/h4-13,17H,14H2,1-3H3,(H,29,35)(H,30,34). The number of amides is 2. The number of rotatable bonds is 6. The normalized spacial score (nSPS) is 12.8. The van der Waals surface area contributed by atoms with Crippen LogP contribution in [0.1, 0.15) is 60.3 Å². The lowest BCUT2D eigenvalue weighted by Gasteiger charge is -2.19. The van der Waals surface area contributed by atoms with Gasteiger partial charge in [-0.3, -0.25) is 24.0 Å². The number of benzene rings is 3. The zero-order valence-electron chi connectivity index (χ0n) is 20.0. The van der Waals surface area contributed by atoms with Crippen molar-refractivity contribution in [2.45, 2.75) is 26.9 Å². The number of ether oxygens (including phenoxy) is 1. The predicted octanol–water partition coefficient (Wildman–Crippen LogP) is 3.38. The molecule has 1 unspecified atom stereocenters. The fourth-order valence-electron chi connectivity index (χ4n) is 4.07. The summed E-state index contributed by atoms with van der Waals surface area (Å²) >= 11 is 0. The first-order valence-corrected chi connectivity index (χ1v) is 11.3. The molecule has 1 atom stereocenters. The van der Waals surface area contributed by atoms with Gasteiger partial charge in [0.2, 0.25) is 0 Å². The molecule has 0 aromatic heterocycles. The lowest BCUT2D eigenvalue weighted by atomic mass is 9.84. The fourth-order valence-corrected chi connectivity index (χ4v) is 4.07. The summed E-state index contributed by atoms with van der Waals surface area (Å²) in [4.78, 5) is 62.6. The van der Waals surface area contributed by atoms with E-state index in [9.17, 15) is 24.0 Å². The van der Waals surface area contributed by atoms with Crippen molar-refractivity contribution in [3.05, 3.63) is 99.6 Å². The quantitative estimate of drug-likeness (QED) is 0.405. The van der Waals surface area contributed by atoms with E-state index in [1.165, 1.54) is 25.1 Å². The summed E-state index contributed by atoms with van der Waals surface area (Å²) in [5.41, 5.74) is 3.65. The number of esters is 1. The molecule has 1 aliphatic carbocycles. The Bertz CT molecular complexity index is 1410. The molecule has 8 nitrogen and oxygen atoms in total. The Labute approximate surface area is 207 Å². The van der Waals surface area contributed by atoms with E-state index in [0.717, 1.165) is 11.1 Å². The highest BCUT2D eigenvalue weighted by Gasteiger charge is 2.29. The fraction of sp³-hybridized carbons (Fsp3) is 0.179. The van der Waals surface area contributed by atoms with Crippen molar-refractivity contribution in [3.63, 3.8) is 0 Å². The molecule has 0 saturated heterocycles. The number of nitrogens with one attached hydrogen (secondary N) is 2. The minimum Gasteiger partial charge on any atom is -0.451 e. The Hall–Kier alpha value is -4.59. The topological polar surface area (TPSA) is 119 Å². The van der Waals surface area contributed by atoms with Gasteiger partial charge in [-0.05, 0) is 51.1 Å². The number of anilines is 1. The first kappa shape index (κ1) is 24.5. The SMILES string of the molecule is Cc1cc(C)cc(C(=O)NCC(=O)OC(C)C(=O)Nc2ccc3c(c2)C(=O)c2ccccc2C3=O)c1. The molecule has 2 amide bonds. The molecule has 0 fully saturated rings. The summed E-state index contributed by atoms with van der Waals surface area (Å²) in [6.45, 7) is 4.72. The van der Waals surface area contributed by atoms with Crippen molar-refractivity contribution >= 4 is 35.0 Å². The van der Waals surface area contributed by atoms with Crippen molar-refractivity contribution in [1.82, 2.24) is 5.32 Å². The van der Waals surface area contributed by atoms with Gasteiger partial charge >= 0.3 is 5.97 Å². The third kappa shape index (κ3) is 5.07.